The van der Waals surface area contributed by atoms with Crippen LogP contribution < -0.4 is 51.4 Å². The molecule has 0 unspecified atom stereocenters. The quantitative estimate of drug-likeness (QED) is 0.287. The Hall–Kier alpha value is -3.22. The molecule has 0 amide bonds. The molecule has 0 fully saturated rings. The van der Waals surface area contributed by atoms with Crippen molar-refractivity contribution in [1.82, 2.24) is 44.0 Å². The van der Waals surface area contributed by atoms with Crippen molar-refractivity contribution in [2.24, 2.45) is 0 Å². The fraction of sp³-hybridized carbons (Fsp3) is 0.200. The molecular formula is C30H30BKN9. The minimum Gasteiger partial charge on any atom is -0.422 e. The van der Waals surface area contributed by atoms with Crippen molar-refractivity contribution in [3.05, 3.63) is 107 Å². The number of nitrogens with zero attached hydrogens (tertiary/aromatic N) is 9. The molecule has 6 heterocycles. The van der Waals surface area contributed by atoms with Crippen LogP contribution in [0.25, 0.3) is 33.8 Å². The third kappa shape index (κ3) is 5.91. The van der Waals surface area contributed by atoms with Gasteiger partial charge in [-0.2, -0.15) is 0 Å². The molecule has 0 aliphatic heterocycles. The molecular weight excluding hydrogens is 536 g/mol. The third-order valence-electron chi connectivity index (χ3n) is 7.04. The Bertz CT molecular complexity index is 1590. The van der Waals surface area contributed by atoms with Crippen molar-refractivity contribution in [1.29, 1.82) is 0 Å². The molecule has 0 spiro atoms. The molecule has 0 saturated carbocycles. The molecule has 0 N–H and O–H groups in total. The molecule has 0 aromatic carbocycles. The van der Waals surface area contributed by atoms with Gasteiger partial charge in [0.25, 0.3) is 7.12 Å². The Kier molecular flexibility index (Phi) is 8.53. The zero-order valence-corrected chi connectivity index (χ0v) is 27.7. The van der Waals surface area contributed by atoms with E-state index >= 15 is 0 Å². The van der Waals surface area contributed by atoms with Crippen LogP contribution >= 0.6 is 0 Å². The van der Waals surface area contributed by atoms with Gasteiger partial charge in [0, 0.05) is 52.4 Å². The van der Waals surface area contributed by atoms with E-state index in [4.69, 9.17) is 15.3 Å². The number of hydrogen-bond donors (Lipinski definition) is 0. The summed E-state index contributed by atoms with van der Waals surface area (Å²) < 4.78 is 5.93. The molecule has 1 radical (unpaired) electrons. The monoisotopic (exact) mass is 566 g/mol. The number of aryl methyl sites for hydroxylation is 6. The van der Waals surface area contributed by atoms with Crippen molar-refractivity contribution in [2.45, 2.75) is 41.5 Å². The second-order valence-electron chi connectivity index (χ2n) is 10.3. The second kappa shape index (κ2) is 11.9. The van der Waals surface area contributed by atoms with Crippen molar-refractivity contribution in [2.75, 3.05) is 0 Å². The van der Waals surface area contributed by atoms with Gasteiger partial charge in [0.05, 0.1) is 17.1 Å². The van der Waals surface area contributed by atoms with E-state index in [0.717, 1.165) is 67.9 Å². The van der Waals surface area contributed by atoms with E-state index in [1.165, 1.54) is 0 Å². The first-order chi connectivity index (χ1) is 19.3. The minimum absolute atomic E-state index is 0. The molecule has 9 nitrogen and oxygen atoms in total. The van der Waals surface area contributed by atoms with Gasteiger partial charge in [-0.1, -0.05) is 0 Å². The fourth-order valence-corrected chi connectivity index (χ4v) is 4.76. The van der Waals surface area contributed by atoms with E-state index in [0.29, 0.717) is 0 Å². The molecule has 0 saturated heterocycles. The van der Waals surface area contributed by atoms with Crippen molar-refractivity contribution in [3.63, 3.8) is 0 Å². The zero-order valence-electron chi connectivity index (χ0n) is 24.5. The summed E-state index contributed by atoms with van der Waals surface area (Å²) in [5.41, 5.74) is 11.2. The van der Waals surface area contributed by atoms with Crippen molar-refractivity contribution >= 4 is 7.12 Å². The Morgan fingerprint density at radius 1 is 0.463 bits per heavy atom. The third-order valence-corrected chi connectivity index (χ3v) is 7.04. The molecule has 6 aromatic heterocycles. The molecule has 11 heteroatoms. The summed E-state index contributed by atoms with van der Waals surface area (Å²) in [5.74, 6) is 0. The van der Waals surface area contributed by atoms with Crippen LogP contribution in [-0.4, -0.2) is 51.1 Å². The van der Waals surface area contributed by atoms with Crippen LogP contribution in [0.2, 0.25) is 0 Å². The average Bonchev–Trinajstić information content (AvgIpc) is 3.63. The summed E-state index contributed by atoms with van der Waals surface area (Å²) >= 11 is 0. The number of aromatic nitrogens is 9. The molecule has 0 atom stereocenters. The fourth-order valence-electron chi connectivity index (χ4n) is 4.76. The summed E-state index contributed by atoms with van der Waals surface area (Å²) in [5, 5.41) is 15.2. The second-order valence-corrected chi connectivity index (χ2v) is 10.3. The molecule has 199 valence electrons. The number of rotatable bonds is 6. The summed E-state index contributed by atoms with van der Waals surface area (Å²) in [6.45, 7) is 12.1. The minimum atomic E-state index is -0.480. The van der Waals surface area contributed by atoms with E-state index in [-0.39, 0.29) is 51.4 Å². The SMILES string of the molecule is Cc1ccc(-c2cc(C)n([B-](n3nc(-c4ccc(C)nc4)cc3C)n3nc(-c4ccc(C)nc4)cc3C)n2)cn1.[K+]. The molecule has 0 aliphatic rings. The van der Waals surface area contributed by atoms with Gasteiger partial charge in [-0.25, -0.2) is 15.3 Å². The van der Waals surface area contributed by atoms with Gasteiger partial charge in [-0.05, 0) is 113 Å². The van der Waals surface area contributed by atoms with E-state index < -0.39 is 7.12 Å². The van der Waals surface area contributed by atoms with E-state index in [1.54, 1.807) is 0 Å². The first-order valence-electron chi connectivity index (χ1n) is 13.2. The predicted molar refractivity (Wildman–Crippen MR) is 157 cm³/mol. The summed E-state index contributed by atoms with van der Waals surface area (Å²) in [7, 11) is -0.480. The first-order valence-corrected chi connectivity index (χ1v) is 13.2. The van der Waals surface area contributed by atoms with Gasteiger partial charge in [-0.15, -0.1) is 0 Å². The summed E-state index contributed by atoms with van der Waals surface area (Å²) in [6, 6.07) is 18.4. The smallest absolute Gasteiger partial charge is 0.422 e. The average molecular weight is 567 g/mol. The van der Waals surface area contributed by atoms with Crippen LogP contribution in [0, 0.1) is 41.5 Å². The maximum atomic E-state index is 5.06. The zero-order chi connectivity index (χ0) is 28.0. The Labute approximate surface area is 282 Å². The molecule has 0 aliphatic carbocycles. The maximum Gasteiger partial charge on any atom is 1.00 e. The van der Waals surface area contributed by atoms with Crippen LogP contribution in [0.5, 0.6) is 0 Å². The van der Waals surface area contributed by atoms with E-state index in [2.05, 4.69) is 53.9 Å². The molecule has 6 aromatic rings. The van der Waals surface area contributed by atoms with Gasteiger partial charge in [0.2, 0.25) is 0 Å². The number of pyridine rings is 3. The Balaban J connectivity index is 0.00000337. The van der Waals surface area contributed by atoms with Gasteiger partial charge in [0.1, 0.15) is 0 Å². The Morgan fingerprint density at radius 3 is 1.00 bits per heavy atom. The molecule has 41 heavy (non-hydrogen) atoms. The maximum absolute atomic E-state index is 5.06. The first kappa shape index (κ1) is 29.3. The van der Waals surface area contributed by atoms with Gasteiger partial charge >= 0.3 is 51.4 Å². The largest absolute Gasteiger partial charge is 1.00 e. The van der Waals surface area contributed by atoms with Crippen LogP contribution in [-0.2, 0) is 0 Å². The van der Waals surface area contributed by atoms with Crippen molar-refractivity contribution < 1.29 is 51.4 Å². The van der Waals surface area contributed by atoms with Gasteiger partial charge < -0.3 is 13.8 Å². The summed E-state index contributed by atoms with van der Waals surface area (Å²) in [6.07, 6.45) is 5.58. The normalized spacial score (nSPS) is 11.2. The topological polar surface area (TPSA) is 92.1 Å². The molecule has 6 rings (SSSR count). The van der Waals surface area contributed by atoms with E-state index in [9.17, 15) is 0 Å². The molecule has 0 bridgehead atoms. The predicted octanol–water partition coefficient (Wildman–Crippen LogP) is 2.25. The van der Waals surface area contributed by atoms with Gasteiger partial charge in [-0.3, -0.25) is 15.0 Å². The van der Waals surface area contributed by atoms with Crippen LogP contribution in [0.4, 0.5) is 0 Å². The standard InChI is InChI=1S/C30H30BN9.K/c1-19-7-10-25(16-32-19)28-13-22(4)38(35-28)31(39-23(5)14-29(36-39)26-11-8-20(2)33-17-26)40-24(6)15-30(37-40)27-12-9-21(3)34-18-27;/h7-18H,1-6H3;/q-1;+1. The summed E-state index contributed by atoms with van der Waals surface area (Å²) in [4.78, 5) is 13.4. The van der Waals surface area contributed by atoms with Gasteiger partial charge in [0.15, 0.2) is 0 Å². The van der Waals surface area contributed by atoms with Crippen molar-refractivity contribution in [3.8, 4) is 33.8 Å². The van der Waals surface area contributed by atoms with E-state index in [1.807, 2.05) is 89.5 Å². The Morgan fingerprint density at radius 2 is 0.756 bits per heavy atom. The van der Waals surface area contributed by atoms with Crippen LogP contribution in [0.1, 0.15) is 34.2 Å². The number of hydrogen-bond acceptors (Lipinski definition) is 6. The van der Waals surface area contributed by atoms with Crippen LogP contribution in [0.3, 0.4) is 0 Å². The van der Waals surface area contributed by atoms with Crippen LogP contribution in [0.15, 0.2) is 73.2 Å².